The number of nitrogens with zero attached hydrogens (tertiary/aromatic N) is 2. The van der Waals surface area contributed by atoms with Gasteiger partial charge in [0.05, 0.1) is 21.3 Å². The molecule has 1 fully saturated rings. The summed E-state index contributed by atoms with van der Waals surface area (Å²) in [7, 11) is 0. The standard InChI is InChI=1S/C29H20ClFN2O2S/c30-24-17-20(15-16-26(24)35-19-21-9-7-8-14-25(21)31)18-27-28(34)33(23-12-5-2-6-13-23)29(36-27)32-22-10-3-1-4-11-22/h1-18H,19H2/b27-18+,32-29?. The van der Waals surface area contributed by atoms with Gasteiger partial charge in [-0.25, -0.2) is 9.38 Å². The van der Waals surface area contributed by atoms with Crippen LogP contribution in [0.5, 0.6) is 5.75 Å². The van der Waals surface area contributed by atoms with E-state index < -0.39 is 0 Å². The third kappa shape index (κ3) is 5.35. The Kier molecular flexibility index (Phi) is 7.16. The van der Waals surface area contributed by atoms with Crippen LogP contribution in [0.15, 0.2) is 113 Å². The van der Waals surface area contributed by atoms with Gasteiger partial charge in [0.15, 0.2) is 5.17 Å². The molecule has 0 radical (unpaired) electrons. The number of halogens is 2. The van der Waals surface area contributed by atoms with Gasteiger partial charge in [0.25, 0.3) is 5.91 Å². The van der Waals surface area contributed by atoms with E-state index in [4.69, 9.17) is 21.3 Å². The number of carbonyl (C=O) groups is 1. The lowest BCUT2D eigenvalue weighted by molar-refractivity contribution is -0.113. The molecule has 0 aromatic heterocycles. The molecule has 1 saturated heterocycles. The normalized spacial score (nSPS) is 15.6. The van der Waals surface area contributed by atoms with Crippen molar-refractivity contribution < 1.29 is 13.9 Å². The largest absolute Gasteiger partial charge is 0.487 e. The average molecular weight is 515 g/mol. The average Bonchev–Trinajstić information content (AvgIpc) is 3.19. The number of amides is 1. The van der Waals surface area contributed by atoms with Crippen molar-refractivity contribution in [1.82, 2.24) is 0 Å². The molecule has 0 aliphatic carbocycles. The summed E-state index contributed by atoms with van der Waals surface area (Å²) in [6, 6.07) is 30.6. The highest BCUT2D eigenvalue weighted by molar-refractivity contribution is 8.19. The van der Waals surface area contributed by atoms with Crippen LogP contribution >= 0.6 is 23.4 Å². The molecule has 7 heteroatoms. The zero-order chi connectivity index (χ0) is 24.9. The van der Waals surface area contributed by atoms with Crippen molar-refractivity contribution >= 4 is 51.9 Å². The predicted molar refractivity (Wildman–Crippen MR) is 145 cm³/mol. The SMILES string of the molecule is O=C1/C(=C\c2ccc(OCc3ccccc3F)c(Cl)c2)SC(=Nc2ccccc2)N1c1ccccc1. The van der Waals surface area contributed by atoms with Gasteiger partial charge >= 0.3 is 0 Å². The third-order valence-electron chi connectivity index (χ3n) is 5.40. The van der Waals surface area contributed by atoms with Gasteiger partial charge in [-0.05, 0) is 65.9 Å². The van der Waals surface area contributed by atoms with Gasteiger partial charge in [-0.3, -0.25) is 9.69 Å². The number of aliphatic imine (C=N–C) groups is 1. The molecule has 178 valence electrons. The predicted octanol–water partition coefficient (Wildman–Crippen LogP) is 7.87. The minimum atomic E-state index is -0.331. The van der Waals surface area contributed by atoms with Crippen molar-refractivity contribution in [3.8, 4) is 5.75 Å². The number of anilines is 1. The molecule has 5 rings (SSSR count). The lowest BCUT2D eigenvalue weighted by atomic mass is 10.2. The van der Waals surface area contributed by atoms with E-state index in [9.17, 15) is 9.18 Å². The Balaban J connectivity index is 1.41. The summed E-state index contributed by atoms with van der Waals surface area (Å²) in [5.74, 6) is -0.0655. The number of hydrogen-bond donors (Lipinski definition) is 0. The number of rotatable bonds is 6. The van der Waals surface area contributed by atoms with Crippen molar-refractivity contribution in [1.29, 1.82) is 0 Å². The quantitative estimate of drug-likeness (QED) is 0.246. The number of ether oxygens (including phenoxy) is 1. The summed E-state index contributed by atoms with van der Waals surface area (Å²) >= 11 is 7.75. The fraction of sp³-hybridized carbons (Fsp3) is 0.0345. The monoisotopic (exact) mass is 514 g/mol. The Morgan fingerprint density at radius 1 is 0.917 bits per heavy atom. The molecule has 0 saturated carbocycles. The second kappa shape index (κ2) is 10.8. The minimum Gasteiger partial charge on any atom is -0.487 e. The second-order valence-corrected chi connectivity index (χ2v) is 9.30. The lowest BCUT2D eigenvalue weighted by Gasteiger charge is -2.15. The highest BCUT2D eigenvalue weighted by Crippen LogP contribution is 2.38. The molecular weight excluding hydrogens is 495 g/mol. The summed E-state index contributed by atoms with van der Waals surface area (Å²) in [4.78, 5) is 20.3. The van der Waals surface area contributed by atoms with E-state index in [-0.39, 0.29) is 18.3 Å². The van der Waals surface area contributed by atoms with E-state index in [1.807, 2.05) is 66.7 Å². The fourth-order valence-corrected chi connectivity index (χ4v) is 4.86. The van der Waals surface area contributed by atoms with Gasteiger partial charge in [-0.2, -0.15) is 0 Å². The van der Waals surface area contributed by atoms with Crippen molar-refractivity contribution in [3.63, 3.8) is 0 Å². The summed E-state index contributed by atoms with van der Waals surface area (Å²) in [6.07, 6.45) is 1.78. The minimum absolute atomic E-state index is 0.0620. The van der Waals surface area contributed by atoms with Crippen molar-refractivity contribution in [2.45, 2.75) is 6.61 Å². The van der Waals surface area contributed by atoms with Gasteiger partial charge in [0.1, 0.15) is 18.2 Å². The molecule has 4 aromatic carbocycles. The van der Waals surface area contributed by atoms with Crippen LogP contribution in [0.2, 0.25) is 5.02 Å². The maximum atomic E-state index is 13.9. The van der Waals surface area contributed by atoms with Crippen LogP contribution in [-0.2, 0) is 11.4 Å². The Morgan fingerprint density at radius 3 is 2.33 bits per heavy atom. The molecule has 4 aromatic rings. The zero-order valence-electron chi connectivity index (χ0n) is 19.0. The second-order valence-electron chi connectivity index (χ2n) is 7.89. The Morgan fingerprint density at radius 2 is 1.61 bits per heavy atom. The first-order valence-corrected chi connectivity index (χ1v) is 12.4. The number of para-hydroxylation sites is 2. The van der Waals surface area contributed by atoms with Crippen molar-refractivity contribution in [2.75, 3.05) is 4.90 Å². The van der Waals surface area contributed by atoms with Crippen LogP contribution in [0, 0.1) is 5.82 Å². The third-order valence-corrected chi connectivity index (χ3v) is 6.66. The van der Waals surface area contributed by atoms with Gasteiger partial charge in [0, 0.05) is 5.56 Å². The zero-order valence-corrected chi connectivity index (χ0v) is 20.5. The van der Waals surface area contributed by atoms with Crippen LogP contribution in [0.1, 0.15) is 11.1 Å². The molecule has 0 atom stereocenters. The maximum absolute atomic E-state index is 13.9. The van der Waals surface area contributed by atoms with Gasteiger partial charge in [-0.1, -0.05) is 72.3 Å². The van der Waals surface area contributed by atoms with E-state index in [2.05, 4.69) is 0 Å². The number of carbonyl (C=O) groups excluding carboxylic acids is 1. The summed E-state index contributed by atoms with van der Waals surface area (Å²) < 4.78 is 19.6. The molecule has 4 nitrogen and oxygen atoms in total. The van der Waals surface area contributed by atoms with Crippen LogP contribution in [0.4, 0.5) is 15.8 Å². The molecular formula is C29H20ClFN2O2S. The van der Waals surface area contributed by atoms with Crippen LogP contribution < -0.4 is 9.64 Å². The first-order chi connectivity index (χ1) is 17.6. The molecule has 1 aliphatic heterocycles. The Hall–Kier alpha value is -3.87. The Labute approximate surface area is 217 Å². The molecule has 0 spiro atoms. The highest BCUT2D eigenvalue weighted by Gasteiger charge is 2.34. The molecule has 0 bridgehead atoms. The van der Waals surface area contributed by atoms with Gasteiger partial charge in [-0.15, -0.1) is 0 Å². The molecule has 0 N–H and O–H groups in total. The summed E-state index contributed by atoms with van der Waals surface area (Å²) in [6.45, 7) is 0.0620. The number of benzene rings is 4. The van der Waals surface area contributed by atoms with Crippen molar-refractivity contribution in [3.05, 3.63) is 130 Å². The van der Waals surface area contributed by atoms with E-state index in [1.54, 1.807) is 41.3 Å². The van der Waals surface area contributed by atoms with Crippen LogP contribution in [-0.4, -0.2) is 11.1 Å². The smallest absolute Gasteiger partial charge is 0.271 e. The summed E-state index contributed by atoms with van der Waals surface area (Å²) in [5, 5.41) is 0.939. The lowest BCUT2D eigenvalue weighted by Crippen LogP contribution is -2.28. The molecule has 0 unspecified atom stereocenters. The highest BCUT2D eigenvalue weighted by atomic mass is 35.5. The number of hydrogen-bond acceptors (Lipinski definition) is 4. The fourth-order valence-electron chi connectivity index (χ4n) is 3.61. The first-order valence-electron chi connectivity index (χ1n) is 11.2. The molecule has 1 amide bonds. The number of thioether (sulfide) groups is 1. The van der Waals surface area contributed by atoms with Crippen LogP contribution in [0.25, 0.3) is 6.08 Å². The van der Waals surface area contributed by atoms with E-state index >= 15 is 0 Å². The van der Waals surface area contributed by atoms with Gasteiger partial charge < -0.3 is 4.74 Å². The molecule has 36 heavy (non-hydrogen) atoms. The molecule has 1 aliphatic rings. The van der Waals surface area contributed by atoms with Crippen molar-refractivity contribution in [2.24, 2.45) is 4.99 Å². The van der Waals surface area contributed by atoms with E-state index in [0.717, 1.165) is 16.9 Å². The topological polar surface area (TPSA) is 41.9 Å². The van der Waals surface area contributed by atoms with E-state index in [1.165, 1.54) is 17.8 Å². The van der Waals surface area contributed by atoms with Crippen LogP contribution in [0.3, 0.4) is 0 Å². The summed E-state index contributed by atoms with van der Waals surface area (Å²) in [5.41, 5.74) is 2.68. The van der Waals surface area contributed by atoms with Gasteiger partial charge in [0.2, 0.25) is 0 Å². The Bertz CT molecular complexity index is 1460. The number of amidine groups is 1. The molecule has 1 heterocycles. The van der Waals surface area contributed by atoms with E-state index in [0.29, 0.717) is 26.4 Å². The maximum Gasteiger partial charge on any atom is 0.271 e. The first kappa shape index (κ1) is 23.9.